The van der Waals surface area contributed by atoms with Gasteiger partial charge in [-0.25, -0.2) is 4.99 Å². The van der Waals surface area contributed by atoms with Gasteiger partial charge in [0, 0.05) is 37.7 Å². The Morgan fingerprint density at radius 1 is 1.33 bits per heavy atom. The molecule has 0 unspecified atom stereocenters. The maximum absolute atomic E-state index is 5.52. The zero-order valence-electron chi connectivity index (χ0n) is 16.5. The highest BCUT2D eigenvalue weighted by Crippen LogP contribution is 2.39. The van der Waals surface area contributed by atoms with Crippen molar-refractivity contribution in [1.29, 1.82) is 0 Å². The van der Waals surface area contributed by atoms with E-state index in [9.17, 15) is 0 Å². The highest BCUT2D eigenvalue weighted by Gasteiger charge is 2.30. The number of rotatable bonds is 3. The van der Waals surface area contributed by atoms with E-state index in [1.54, 1.807) is 18.4 Å². The highest BCUT2D eigenvalue weighted by atomic mass is 32.1. The molecule has 2 aromatic rings. The lowest BCUT2D eigenvalue weighted by molar-refractivity contribution is 0.0565. The summed E-state index contributed by atoms with van der Waals surface area (Å²) in [5.41, 5.74) is 3.31. The molecule has 27 heavy (non-hydrogen) atoms. The molecule has 5 nitrogen and oxygen atoms in total. The first-order valence-corrected chi connectivity index (χ1v) is 10.4. The molecule has 1 aromatic heterocycles. The second-order valence-electron chi connectivity index (χ2n) is 7.54. The summed E-state index contributed by atoms with van der Waals surface area (Å²) in [6, 6.07) is 11.0. The first kappa shape index (κ1) is 18.5. The summed E-state index contributed by atoms with van der Waals surface area (Å²) in [4.78, 5) is 11.3. The minimum atomic E-state index is 0.259. The molecule has 0 spiro atoms. The molecular formula is C21H28N4OS. The van der Waals surface area contributed by atoms with Crippen molar-refractivity contribution in [3.63, 3.8) is 0 Å². The molecule has 2 aliphatic rings. The van der Waals surface area contributed by atoms with E-state index in [-0.39, 0.29) is 6.10 Å². The van der Waals surface area contributed by atoms with E-state index in [1.807, 2.05) is 0 Å². The van der Waals surface area contributed by atoms with Crippen LogP contribution in [-0.4, -0.2) is 61.6 Å². The molecule has 0 aliphatic carbocycles. The Hall–Kier alpha value is -1.89. The van der Waals surface area contributed by atoms with Crippen LogP contribution in [-0.2, 0) is 4.74 Å². The largest absolute Gasteiger partial charge is 0.382 e. The van der Waals surface area contributed by atoms with E-state index >= 15 is 0 Å². The molecular weight excluding hydrogens is 356 g/mol. The molecule has 3 heterocycles. The van der Waals surface area contributed by atoms with Gasteiger partial charge < -0.3 is 15.0 Å². The van der Waals surface area contributed by atoms with E-state index in [4.69, 9.17) is 9.73 Å². The predicted octanol–water partition coefficient (Wildman–Crippen LogP) is 4.23. The van der Waals surface area contributed by atoms with Gasteiger partial charge in [-0.1, -0.05) is 12.1 Å². The maximum atomic E-state index is 5.52. The van der Waals surface area contributed by atoms with Crippen molar-refractivity contribution >= 4 is 33.5 Å². The lowest BCUT2D eigenvalue weighted by Crippen LogP contribution is -2.54. The fourth-order valence-corrected chi connectivity index (χ4v) is 4.78. The molecule has 0 amide bonds. The molecule has 2 aliphatic heterocycles. The molecule has 0 saturated carbocycles. The zero-order valence-corrected chi connectivity index (χ0v) is 17.3. The van der Waals surface area contributed by atoms with Crippen LogP contribution in [0.25, 0.3) is 0 Å². The molecule has 144 valence electrons. The third kappa shape index (κ3) is 3.74. The standard InChI is InChI=1S/C21H28N4OS/c1-14(26-4)11-16-13-25(10-9-24(16)3)20-17-12-15(2)27-21(17)23-19-8-6-5-7-18(19)22-20/h5-8,12,14,16,23H,9-11,13H2,1-4H3/t14-,16-/m0/s1. The Labute approximate surface area is 165 Å². The average Bonchev–Trinajstić information content (AvgIpc) is 2.95. The van der Waals surface area contributed by atoms with E-state index in [0.29, 0.717) is 6.04 Å². The van der Waals surface area contributed by atoms with Crippen LogP contribution in [0.2, 0.25) is 0 Å². The Morgan fingerprint density at radius 3 is 2.96 bits per heavy atom. The molecule has 2 atom stereocenters. The first-order chi connectivity index (χ1) is 13.0. The zero-order chi connectivity index (χ0) is 19.0. The van der Waals surface area contributed by atoms with Crippen LogP contribution >= 0.6 is 11.3 Å². The van der Waals surface area contributed by atoms with E-state index in [1.165, 1.54) is 15.4 Å². The van der Waals surface area contributed by atoms with Crippen LogP contribution in [0.3, 0.4) is 0 Å². The van der Waals surface area contributed by atoms with Gasteiger partial charge in [-0.05, 0) is 45.5 Å². The lowest BCUT2D eigenvalue weighted by Gasteiger charge is -2.41. The van der Waals surface area contributed by atoms with Crippen molar-refractivity contribution in [1.82, 2.24) is 9.80 Å². The summed E-state index contributed by atoms with van der Waals surface area (Å²) in [6.07, 6.45) is 1.29. The summed E-state index contributed by atoms with van der Waals surface area (Å²) in [5, 5.41) is 4.79. The number of ether oxygens (including phenoxy) is 1. The van der Waals surface area contributed by atoms with Crippen LogP contribution in [0.1, 0.15) is 23.8 Å². The molecule has 1 saturated heterocycles. The van der Waals surface area contributed by atoms with E-state index < -0.39 is 0 Å². The number of hydrogen-bond acceptors (Lipinski definition) is 6. The number of fused-ring (bicyclic) bond motifs is 2. The molecule has 1 fully saturated rings. The van der Waals surface area contributed by atoms with Crippen molar-refractivity contribution in [3.8, 4) is 0 Å². The molecule has 6 heteroatoms. The van der Waals surface area contributed by atoms with Gasteiger partial charge in [0.25, 0.3) is 0 Å². The average molecular weight is 385 g/mol. The van der Waals surface area contributed by atoms with Crippen molar-refractivity contribution < 1.29 is 4.74 Å². The fraction of sp³-hybridized carbons (Fsp3) is 0.476. The number of nitrogens with one attached hydrogen (secondary N) is 1. The monoisotopic (exact) mass is 384 g/mol. The smallest absolute Gasteiger partial charge is 0.139 e. The predicted molar refractivity (Wildman–Crippen MR) is 114 cm³/mol. The summed E-state index contributed by atoms with van der Waals surface area (Å²) >= 11 is 1.80. The number of nitrogens with zero attached hydrogens (tertiary/aromatic N) is 3. The normalized spacial score (nSPS) is 21.0. The number of piperazine rings is 1. The van der Waals surface area contributed by atoms with Crippen molar-refractivity contribution in [3.05, 3.63) is 40.8 Å². The molecule has 4 rings (SSSR count). The number of aryl methyl sites for hydroxylation is 1. The molecule has 0 radical (unpaired) electrons. The number of methoxy groups -OCH3 is 1. The van der Waals surface area contributed by atoms with Gasteiger partial charge in [0.1, 0.15) is 10.8 Å². The summed E-state index contributed by atoms with van der Waals surface area (Å²) in [5.74, 6) is 1.09. The first-order valence-electron chi connectivity index (χ1n) is 9.58. The van der Waals surface area contributed by atoms with Crippen molar-refractivity contribution in [2.45, 2.75) is 32.4 Å². The number of para-hydroxylation sites is 2. The van der Waals surface area contributed by atoms with Crippen LogP contribution in [0, 0.1) is 6.92 Å². The Balaban J connectivity index is 1.69. The minimum Gasteiger partial charge on any atom is -0.382 e. The van der Waals surface area contributed by atoms with Gasteiger partial charge in [0.15, 0.2) is 0 Å². The summed E-state index contributed by atoms with van der Waals surface area (Å²) in [6.45, 7) is 7.31. The van der Waals surface area contributed by atoms with Gasteiger partial charge in [0.05, 0.1) is 23.0 Å². The second-order valence-corrected chi connectivity index (χ2v) is 8.80. The summed E-state index contributed by atoms with van der Waals surface area (Å²) < 4.78 is 5.52. The number of likely N-dealkylation sites (N-methyl/N-ethyl adjacent to an activating group) is 1. The minimum absolute atomic E-state index is 0.259. The highest BCUT2D eigenvalue weighted by molar-refractivity contribution is 7.16. The van der Waals surface area contributed by atoms with Crippen LogP contribution in [0.15, 0.2) is 35.3 Å². The molecule has 1 N–H and O–H groups in total. The second kappa shape index (κ2) is 7.62. The quantitative estimate of drug-likeness (QED) is 0.860. The van der Waals surface area contributed by atoms with Gasteiger partial charge in [-0.2, -0.15) is 0 Å². The number of thiophene rings is 1. The number of anilines is 2. The topological polar surface area (TPSA) is 40.1 Å². The lowest BCUT2D eigenvalue weighted by atomic mass is 10.0. The van der Waals surface area contributed by atoms with Crippen LogP contribution in [0.4, 0.5) is 16.4 Å². The Kier molecular flexibility index (Phi) is 5.21. The Morgan fingerprint density at radius 2 is 2.15 bits per heavy atom. The number of benzene rings is 1. The number of hydrogen-bond donors (Lipinski definition) is 1. The van der Waals surface area contributed by atoms with Gasteiger partial charge in [0.2, 0.25) is 0 Å². The number of aliphatic imine (C=N–C) groups is 1. The SMILES string of the molecule is CO[C@@H](C)C[C@H]1CN(C2=Nc3ccccc3Nc3sc(C)cc32)CCN1C. The van der Waals surface area contributed by atoms with Crippen molar-refractivity contribution in [2.75, 3.05) is 39.1 Å². The summed E-state index contributed by atoms with van der Waals surface area (Å²) in [7, 11) is 4.01. The van der Waals surface area contributed by atoms with E-state index in [0.717, 1.165) is 43.3 Å². The third-order valence-electron chi connectivity index (χ3n) is 5.56. The molecule has 0 bridgehead atoms. The number of amidine groups is 1. The third-order valence-corrected chi connectivity index (χ3v) is 6.52. The fourth-order valence-electron chi connectivity index (χ4n) is 3.86. The van der Waals surface area contributed by atoms with Crippen molar-refractivity contribution in [2.24, 2.45) is 4.99 Å². The van der Waals surface area contributed by atoms with Crippen LogP contribution in [0.5, 0.6) is 0 Å². The van der Waals surface area contributed by atoms with Crippen LogP contribution < -0.4 is 5.32 Å². The maximum Gasteiger partial charge on any atom is 0.139 e. The van der Waals surface area contributed by atoms with Gasteiger partial charge in [-0.15, -0.1) is 11.3 Å². The molecule has 1 aromatic carbocycles. The Bertz CT molecular complexity index is 846. The van der Waals surface area contributed by atoms with Gasteiger partial charge in [-0.3, -0.25) is 4.90 Å². The van der Waals surface area contributed by atoms with Gasteiger partial charge >= 0.3 is 0 Å². The van der Waals surface area contributed by atoms with E-state index in [2.05, 4.69) is 66.3 Å².